The molecule has 3 N–H and O–H groups in total. The molecule has 1 fully saturated rings. The standard InChI is InChI=1S/C30H37F3N6O4/c1-27(2)15-21(16-28(3,4)39(27)7)42-20-12-13-22(34-17-20)25(40)35-18-8-10-19(11-9-18)36-26(41)37-24-14-23(43-38-24)29(5,6)30(31,32)33/h8-14,17,21H,15-16H2,1-7H3,(H,35,40)(H2,36,37,38,41). The minimum Gasteiger partial charge on any atom is -0.489 e. The SMILES string of the molecule is CN1C(C)(C)CC(Oc2ccc(C(=O)Nc3ccc(NC(=O)Nc4cc(C(C)(C)C(F)(F)F)on4)cc3)nc2)CC1(C)C. The normalized spacial score (nSPS) is 17.3. The van der Waals surface area contributed by atoms with Crippen molar-refractivity contribution in [2.24, 2.45) is 0 Å². The van der Waals surface area contributed by atoms with E-state index in [0.29, 0.717) is 17.1 Å². The average Bonchev–Trinajstić information content (AvgIpc) is 3.37. The Morgan fingerprint density at radius 1 is 0.953 bits per heavy atom. The number of benzene rings is 1. The minimum absolute atomic E-state index is 0.0202. The van der Waals surface area contributed by atoms with Crippen molar-refractivity contribution in [2.45, 2.75) is 83.2 Å². The number of carbonyl (C=O) groups excluding carboxylic acids is 2. The van der Waals surface area contributed by atoms with E-state index in [1.807, 2.05) is 0 Å². The summed E-state index contributed by atoms with van der Waals surface area (Å²) in [5, 5.41) is 11.1. The quantitative estimate of drug-likeness (QED) is 0.271. The number of likely N-dealkylation sites (tertiary alicyclic amines) is 1. The minimum atomic E-state index is -4.56. The Kier molecular flexibility index (Phi) is 8.51. The lowest BCUT2D eigenvalue weighted by atomic mass is 9.79. The molecule has 2 aromatic heterocycles. The van der Waals surface area contributed by atoms with Crippen molar-refractivity contribution in [3.05, 3.63) is 60.1 Å². The molecule has 0 spiro atoms. The molecule has 3 aromatic rings. The highest BCUT2D eigenvalue weighted by molar-refractivity contribution is 6.03. The Bertz CT molecular complexity index is 1430. The van der Waals surface area contributed by atoms with Crippen LogP contribution < -0.4 is 20.7 Å². The number of piperidine rings is 1. The van der Waals surface area contributed by atoms with E-state index >= 15 is 0 Å². The first-order valence-corrected chi connectivity index (χ1v) is 13.8. The summed E-state index contributed by atoms with van der Waals surface area (Å²) >= 11 is 0. The smallest absolute Gasteiger partial charge is 0.401 e. The monoisotopic (exact) mass is 602 g/mol. The molecular formula is C30H37F3N6O4. The molecule has 0 atom stereocenters. The number of urea groups is 1. The number of pyridine rings is 1. The fourth-order valence-electron chi connectivity index (χ4n) is 5.02. The van der Waals surface area contributed by atoms with Crippen molar-refractivity contribution < 1.29 is 32.0 Å². The molecule has 232 valence electrons. The molecule has 0 saturated carbocycles. The summed E-state index contributed by atoms with van der Waals surface area (Å²) in [6.07, 6.45) is -1.27. The maximum atomic E-state index is 13.2. The van der Waals surface area contributed by atoms with E-state index in [1.54, 1.807) is 42.6 Å². The number of hydrogen-bond donors (Lipinski definition) is 3. The summed E-state index contributed by atoms with van der Waals surface area (Å²) < 4.78 is 50.6. The Labute approximate surface area is 248 Å². The number of nitrogens with zero attached hydrogens (tertiary/aromatic N) is 3. The maximum Gasteiger partial charge on any atom is 0.401 e. The van der Waals surface area contributed by atoms with Gasteiger partial charge in [0.2, 0.25) is 0 Å². The largest absolute Gasteiger partial charge is 0.489 e. The van der Waals surface area contributed by atoms with Gasteiger partial charge in [-0.1, -0.05) is 5.16 Å². The molecule has 0 aliphatic carbocycles. The van der Waals surface area contributed by atoms with Gasteiger partial charge in [-0.3, -0.25) is 15.0 Å². The van der Waals surface area contributed by atoms with Crippen molar-refractivity contribution in [1.82, 2.24) is 15.0 Å². The first kappa shape index (κ1) is 31.8. The Hall–Kier alpha value is -4.13. The van der Waals surface area contributed by atoms with Crippen LogP contribution in [0.4, 0.5) is 35.2 Å². The van der Waals surface area contributed by atoms with E-state index in [4.69, 9.17) is 9.26 Å². The summed E-state index contributed by atoms with van der Waals surface area (Å²) in [5.41, 5.74) is -1.28. The van der Waals surface area contributed by atoms with Gasteiger partial charge in [0.1, 0.15) is 23.0 Å². The lowest BCUT2D eigenvalue weighted by Gasteiger charge is -2.53. The second-order valence-electron chi connectivity index (χ2n) is 12.5. The van der Waals surface area contributed by atoms with Crippen LogP contribution in [0.3, 0.4) is 0 Å². The van der Waals surface area contributed by atoms with Crippen LogP contribution in [0.1, 0.15) is 70.6 Å². The van der Waals surface area contributed by atoms with E-state index in [1.165, 1.54) is 0 Å². The first-order valence-electron chi connectivity index (χ1n) is 13.8. The van der Waals surface area contributed by atoms with Crippen molar-refractivity contribution in [3.63, 3.8) is 0 Å². The Morgan fingerprint density at radius 3 is 2.07 bits per heavy atom. The number of amides is 3. The number of halogens is 3. The molecule has 3 heterocycles. The molecule has 43 heavy (non-hydrogen) atoms. The molecule has 1 aliphatic rings. The number of carbonyl (C=O) groups is 2. The fraction of sp³-hybridized carbons (Fsp3) is 0.467. The van der Waals surface area contributed by atoms with Crippen molar-refractivity contribution in [2.75, 3.05) is 23.0 Å². The van der Waals surface area contributed by atoms with Gasteiger partial charge in [0, 0.05) is 41.4 Å². The summed E-state index contributed by atoms with van der Waals surface area (Å²) in [6, 6.07) is 9.86. The maximum absolute atomic E-state index is 13.2. The van der Waals surface area contributed by atoms with Crippen molar-refractivity contribution in [3.8, 4) is 5.75 Å². The topological polar surface area (TPSA) is 122 Å². The summed E-state index contributed by atoms with van der Waals surface area (Å²) in [4.78, 5) is 31.7. The molecule has 0 bridgehead atoms. The van der Waals surface area contributed by atoms with E-state index < -0.39 is 29.3 Å². The first-order chi connectivity index (χ1) is 19.9. The number of hydrogen-bond acceptors (Lipinski definition) is 7. The van der Waals surface area contributed by atoms with Crippen molar-refractivity contribution in [1.29, 1.82) is 0 Å². The molecule has 1 aliphatic heterocycles. The predicted molar refractivity (Wildman–Crippen MR) is 156 cm³/mol. The zero-order chi connectivity index (χ0) is 31.8. The molecule has 1 aromatic carbocycles. The van der Waals surface area contributed by atoms with Gasteiger partial charge in [0.25, 0.3) is 5.91 Å². The van der Waals surface area contributed by atoms with E-state index in [2.05, 4.69) is 65.7 Å². The zero-order valence-corrected chi connectivity index (χ0v) is 25.2. The van der Waals surface area contributed by atoms with E-state index in [9.17, 15) is 22.8 Å². The van der Waals surface area contributed by atoms with Gasteiger partial charge in [-0.15, -0.1) is 0 Å². The summed E-state index contributed by atoms with van der Waals surface area (Å²) in [6.45, 7) is 10.7. The molecule has 10 nitrogen and oxygen atoms in total. The lowest BCUT2D eigenvalue weighted by Crippen LogP contribution is -2.60. The fourth-order valence-corrected chi connectivity index (χ4v) is 5.02. The zero-order valence-electron chi connectivity index (χ0n) is 25.2. The highest BCUT2D eigenvalue weighted by Gasteiger charge is 2.51. The second kappa shape index (κ2) is 11.5. The van der Waals surface area contributed by atoms with Gasteiger partial charge in [-0.25, -0.2) is 9.78 Å². The molecule has 3 amide bonds. The molecule has 1 saturated heterocycles. The third-order valence-electron chi connectivity index (χ3n) is 8.02. The third kappa shape index (κ3) is 7.27. The van der Waals surface area contributed by atoms with Crippen molar-refractivity contribution >= 4 is 29.1 Å². The highest BCUT2D eigenvalue weighted by Crippen LogP contribution is 2.41. The van der Waals surface area contributed by atoms with Crippen LogP contribution in [0.25, 0.3) is 0 Å². The van der Waals surface area contributed by atoms with Crippen LogP contribution in [0.5, 0.6) is 5.75 Å². The number of nitrogens with one attached hydrogen (secondary N) is 3. The number of ether oxygens (including phenoxy) is 1. The van der Waals surface area contributed by atoms with Gasteiger partial charge in [0.05, 0.1) is 6.20 Å². The van der Waals surface area contributed by atoms with Crippen LogP contribution in [-0.2, 0) is 5.41 Å². The highest BCUT2D eigenvalue weighted by atomic mass is 19.4. The summed E-state index contributed by atoms with van der Waals surface area (Å²) in [7, 11) is 2.13. The molecule has 0 unspecified atom stereocenters. The predicted octanol–water partition coefficient (Wildman–Crippen LogP) is 6.84. The Morgan fingerprint density at radius 2 is 1.53 bits per heavy atom. The second-order valence-corrected chi connectivity index (χ2v) is 12.5. The van der Waals surface area contributed by atoms with Gasteiger partial charge in [-0.05, 0) is 85.0 Å². The van der Waals surface area contributed by atoms with E-state index in [-0.39, 0.29) is 28.7 Å². The molecule has 0 radical (unpaired) electrons. The third-order valence-corrected chi connectivity index (χ3v) is 8.02. The van der Waals surface area contributed by atoms with Crippen LogP contribution in [0.2, 0.25) is 0 Å². The van der Waals surface area contributed by atoms with Gasteiger partial charge < -0.3 is 19.9 Å². The summed E-state index contributed by atoms with van der Waals surface area (Å²) in [5.74, 6) is -0.429. The lowest BCUT2D eigenvalue weighted by molar-refractivity contribution is -0.185. The van der Waals surface area contributed by atoms with Gasteiger partial charge >= 0.3 is 12.2 Å². The van der Waals surface area contributed by atoms with Gasteiger partial charge in [-0.2, -0.15) is 13.2 Å². The number of alkyl halides is 3. The Balaban J connectivity index is 1.29. The molecule has 13 heteroatoms. The molecular weight excluding hydrogens is 565 g/mol. The van der Waals surface area contributed by atoms with Crippen LogP contribution >= 0.6 is 0 Å². The number of aromatic nitrogens is 2. The van der Waals surface area contributed by atoms with Crippen LogP contribution in [-0.4, -0.2) is 57.4 Å². The van der Waals surface area contributed by atoms with E-state index in [0.717, 1.165) is 32.8 Å². The van der Waals surface area contributed by atoms with Gasteiger partial charge in [0.15, 0.2) is 11.6 Å². The van der Waals surface area contributed by atoms with Crippen LogP contribution in [0, 0.1) is 0 Å². The molecule has 4 rings (SSSR count). The van der Waals surface area contributed by atoms with Crippen LogP contribution in [0.15, 0.2) is 53.2 Å². The average molecular weight is 603 g/mol. The number of rotatable bonds is 7. The number of anilines is 3.